The van der Waals surface area contributed by atoms with Crippen molar-refractivity contribution in [2.24, 2.45) is 0 Å². The van der Waals surface area contributed by atoms with Crippen LogP contribution in [0.5, 0.6) is 0 Å². The minimum Gasteiger partial charge on any atom is -0.381 e. The summed E-state index contributed by atoms with van der Waals surface area (Å²) in [6, 6.07) is 0.695. The van der Waals surface area contributed by atoms with E-state index < -0.39 is 0 Å². The monoisotopic (exact) mass is 227 g/mol. The summed E-state index contributed by atoms with van der Waals surface area (Å²) in [6.07, 6.45) is 9.29. The molecule has 3 nitrogen and oxygen atoms in total. The van der Waals surface area contributed by atoms with Gasteiger partial charge in [-0.15, -0.1) is 0 Å². The average Bonchev–Trinajstić information content (AvgIpc) is 2.37. The van der Waals surface area contributed by atoms with Crippen molar-refractivity contribution in [3.63, 3.8) is 0 Å². The molecule has 0 amide bonds. The highest BCUT2D eigenvalue weighted by Gasteiger charge is 2.15. The largest absolute Gasteiger partial charge is 0.381 e. The Morgan fingerprint density at radius 1 is 1.00 bits per heavy atom. The Kier molecular flexibility index (Phi) is 5.59. The quantitative estimate of drug-likeness (QED) is 0.730. The molecule has 94 valence electrons. The Balaban J connectivity index is 1.47. The topological polar surface area (TPSA) is 30.5 Å². The van der Waals surface area contributed by atoms with Crippen molar-refractivity contribution in [1.82, 2.24) is 5.32 Å². The van der Waals surface area contributed by atoms with Crippen molar-refractivity contribution in [2.45, 2.75) is 57.1 Å². The zero-order chi connectivity index (χ0) is 11.1. The highest BCUT2D eigenvalue weighted by molar-refractivity contribution is 4.71. The average molecular weight is 227 g/mol. The molecule has 0 saturated carbocycles. The van der Waals surface area contributed by atoms with Gasteiger partial charge in [-0.3, -0.25) is 0 Å². The van der Waals surface area contributed by atoms with Gasteiger partial charge in [-0.1, -0.05) is 0 Å². The summed E-state index contributed by atoms with van der Waals surface area (Å²) < 4.78 is 11.1. The zero-order valence-corrected chi connectivity index (χ0v) is 10.2. The normalized spacial score (nSPS) is 28.1. The highest BCUT2D eigenvalue weighted by Crippen LogP contribution is 2.16. The van der Waals surface area contributed by atoms with Crippen molar-refractivity contribution in [2.75, 3.05) is 26.4 Å². The van der Waals surface area contributed by atoms with Crippen LogP contribution in [0.15, 0.2) is 0 Å². The van der Waals surface area contributed by atoms with Gasteiger partial charge in [0, 0.05) is 25.9 Å². The fraction of sp³-hybridized carbons (Fsp3) is 1.00. The molecule has 2 saturated heterocycles. The Hall–Kier alpha value is -0.120. The molecule has 0 spiro atoms. The van der Waals surface area contributed by atoms with E-state index >= 15 is 0 Å². The van der Waals surface area contributed by atoms with Crippen LogP contribution in [0.2, 0.25) is 0 Å². The van der Waals surface area contributed by atoms with Crippen LogP contribution in [-0.2, 0) is 9.47 Å². The predicted octanol–water partition coefficient (Wildman–Crippen LogP) is 2.10. The van der Waals surface area contributed by atoms with Gasteiger partial charge in [-0.2, -0.15) is 0 Å². The lowest BCUT2D eigenvalue weighted by atomic mass is 10.0. The molecule has 0 radical (unpaired) electrons. The standard InChI is InChI=1S/C13H25NO2/c1-2-9-16-13(4-1)5-3-8-14-12-6-10-15-11-7-12/h12-14H,1-11H2. The fourth-order valence-corrected chi connectivity index (χ4v) is 2.57. The summed E-state index contributed by atoms with van der Waals surface area (Å²) in [4.78, 5) is 0. The Labute approximate surface area is 98.9 Å². The lowest BCUT2D eigenvalue weighted by Crippen LogP contribution is -2.35. The van der Waals surface area contributed by atoms with Crippen molar-refractivity contribution < 1.29 is 9.47 Å². The van der Waals surface area contributed by atoms with Crippen molar-refractivity contribution >= 4 is 0 Å². The molecule has 0 aromatic rings. The van der Waals surface area contributed by atoms with E-state index in [1.807, 2.05) is 0 Å². The minimum absolute atomic E-state index is 0.547. The molecule has 3 heteroatoms. The van der Waals surface area contributed by atoms with Crippen molar-refractivity contribution in [1.29, 1.82) is 0 Å². The fourth-order valence-electron chi connectivity index (χ4n) is 2.57. The van der Waals surface area contributed by atoms with E-state index in [1.54, 1.807) is 0 Å². The molecular formula is C13H25NO2. The van der Waals surface area contributed by atoms with Gasteiger partial charge in [-0.05, 0) is 51.5 Å². The molecule has 1 N–H and O–H groups in total. The molecule has 0 aliphatic carbocycles. The van der Waals surface area contributed by atoms with Crippen molar-refractivity contribution in [3.8, 4) is 0 Å². The van der Waals surface area contributed by atoms with E-state index in [2.05, 4.69) is 5.32 Å². The van der Waals surface area contributed by atoms with Gasteiger partial charge in [0.05, 0.1) is 6.10 Å². The lowest BCUT2D eigenvalue weighted by molar-refractivity contribution is 0.00981. The number of hydrogen-bond donors (Lipinski definition) is 1. The van der Waals surface area contributed by atoms with E-state index in [4.69, 9.17) is 9.47 Å². The molecule has 1 atom stereocenters. The van der Waals surface area contributed by atoms with Crippen LogP contribution in [0.1, 0.15) is 44.9 Å². The molecule has 0 bridgehead atoms. The summed E-state index contributed by atoms with van der Waals surface area (Å²) in [5.74, 6) is 0. The second-order valence-electron chi connectivity index (χ2n) is 4.97. The van der Waals surface area contributed by atoms with Gasteiger partial charge in [0.25, 0.3) is 0 Å². The molecule has 2 aliphatic rings. The maximum atomic E-state index is 5.72. The van der Waals surface area contributed by atoms with E-state index in [9.17, 15) is 0 Å². The second-order valence-corrected chi connectivity index (χ2v) is 4.97. The second kappa shape index (κ2) is 7.25. The molecule has 2 fully saturated rings. The third-order valence-electron chi connectivity index (χ3n) is 3.63. The van der Waals surface area contributed by atoms with E-state index in [0.717, 1.165) is 26.4 Å². The Morgan fingerprint density at radius 2 is 1.88 bits per heavy atom. The minimum atomic E-state index is 0.547. The summed E-state index contributed by atoms with van der Waals surface area (Å²) in [6.45, 7) is 4.00. The Bertz CT molecular complexity index is 155. The first-order valence-electron chi connectivity index (χ1n) is 6.88. The Morgan fingerprint density at radius 3 is 2.62 bits per heavy atom. The van der Waals surface area contributed by atoms with Crippen molar-refractivity contribution in [3.05, 3.63) is 0 Å². The molecule has 2 heterocycles. The number of rotatable bonds is 5. The summed E-state index contributed by atoms with van der Waals surface area (Å²) in [7, 11) is 0. The third-order valence-corrected chi connectivity index (χ3v) is 3.63. The molecule has 16 heavy (non-hydrogen) atoms. The van der Waals surface area contributed by atoms with Crippen LogP contribution in [0.4, 0.5) is 0 Å². The predicted molar refractivity (Wildman–Crippen MR) is 64.7 cm³/mol. The van der Waals surface area contributed by atoms with Crippen LogP contribution in [0.3, 0.4) is 0 Å². The smallest absolute Gasteiger partial charge is 0.0575 e. The molecule has 2 aliphatic heterocycles. The van der Waals surface area contributed by atoms with E-state index in [1.165, 1.54) is 44.9 Å². The first-order valence-corrected chi connectivity index (χ1v) is 6.88. The maximum Gasteiger partial charge on any atom is 0.0575 e. The molecule has 2 rings (SSSR count). The summed E-state index contributed by atoms with van der Waals surface area (Å²) in [5, 5.41) is 3.63. The van der Waals surface area contributed by atoms with E-state index in [-0.39, 0.29) is 0 Å². The molecule has 0 aromatic heterocycles. The molecular weight excluding hydrogens is 202 g/mol. The van der Waals surface area contributed by atoms with Gasteiger partial charge in [-0.25, -0.2) is 0 Å². The van der Waals surface area contributed by atoms with Gasteiger partial charge in [0.15, 0.2) is 0 Å². The summed E-state index contributed by atoms with van der Waals surface area (Å²) >= 11 is 0. The zero-order valence-electron chi connectivity index (χ0n) is 10.2. The number of nitrogens with one attached hydrogen (secondary N) is 1. The highest BCUT2D eigenvalue weighted by atomic mass is 16.5. The van der Waals surface area contributed by atoms with Gasteiger partial charge in [0.1, 0.15) is 0 Å². The molecule has 1 unspecified atom stereocenters. The number of hydrogen-bond acceptors (Lipinski definition) is 3. The van der Waals surface area contributed by atoms with Crippen LogP contribution in [0.25, 0.3) is 0 Å². The van der Waals surface area contributed by atoms with Crippen LogP contribution in [-0.4, -0.2) is 38.5 Å². The number of ether oxygens (including phenoxy) is 2. The van der Waals surface area contributed by atoms with Gasteiger partial charge >= 0.3 is 0 Å². The lowest BCUT2D eigenvalue weighted by Gasteiger charge is -2.25. The first kappa shape index (κ1) is 12.3. The van der Waals surface area contributed by atoms with Gasteiger partial charge < -0.3 is 14.8 Å². The van der Waals surface area contributed by atoms with Crippen LogP contribution in [0, 0.1) is 0 Å². The SMILES string of the molecule is C1CCC(CCCNC2CCOCC2)OC1. The summed E-state index contributed by atoms with van der Waals surface area (Å²) in [5.41, 5.74) is 0. The van der Waals surface area contributed by atoms with Gasteiger partial charge in [0.2, 0.25) is 0 Å². The first-order chi connectivity index (χ1) is 7.95. The van der Waals surface area contributed by atoms with E-state index in [0.29, 0.717) is 12.1 Å². The maximum absolute atomic E-state index is 5.72. The van der Waals surface area contributed by atoms with Crippen LogP contribution < -0.4 is 5.32 Å². The molecule has 0 aromatic carbocycles. The van der Waals surface area contributed by atoms with Crippen LogP contribution >= 0.6 is 0 Å². The third kappa shape index (κ3) is 4.40.